The van der Waals surface area contributed by atoms with Crippen molar-refractivity contribution in [1.29, 1.82) is 0 Å². The molecular formula is C14H10O8. The van der Waals surface area contributed by atoms with Gasteiger partial charge in [-0.2, -0.15) is 0 Å². The molecule has 1 rings (SSSR count). The van der Waals surface area contributed by atoms with E-state index >= 15 is 0 Å². The van der Waals surface area contributed by atoms with Crippen LogP contribution in [0.15, 0.2) is 24.3 Å². The van der Waals surface area contributed by atoms with Gasteiger partial charge >= 0.3 is 11.9 Å². The standard InChI is InChI=1S/C14H10O8/c15-9(5-11(17)13(19)20)7-1-2-8(4-3-7)10(16)6-12(18)14(21)22/h1-4H,5-6H2,(H,19,20)(H,21,22). The highest BCUT2D eigenvalue weighted by molar-refractivity contribution is 6.38. The van der Waals surface area contributed by atoms with Crippen molar-refractivity contribution in [2.75, 3.05) is 0 Å². The van der Waals surface area contributed by atoms with Gasteiger partial charge in [-0.1, -0.05) is 24.3 Å². The molecule has 0 aromatic heterocycles. The van der Waals surface area contributed by atoms with Crippen LogP contribution in [0.4, 0.5) is 0 Å². The summed E-state index contributed by atoms with van der Waals surface area (Å²) >= 11 is 0. The van der Waals surface area contributed by atoms with E-state index in [1.165, 1.54) is 24.3 Å². The van der Waals surface area contributed by atoms with Gasteiger partial charge in [-0.05, 0) is 0 Å². The van der Waals surface area contributed by atoms with Crippen LogP contribution in [0.1, 0.15) is 33.6 Å². The van der Waals surface area contributed by atoms with Crippen LogP contribution in [0, 0.1) is 0 Å². The van der Waals surface area contributed by atoms with Crippen LogP contribution in [0.5, 0.6) is 0 Å². The van der Waals surface area contributed by atoms with Crippen molar-refractivity contribution in [2.45, 2.75) is 12.8 Å². The first kappa shape index (κ1) is 16.9. The van der Waals surface area contributed by atoms with Crippen LogP contribution >= 0.6 is 0 Å². The van der Waals surface area contributed by atoms with Crippen molar-refractivity contribution >= 4 is 35.1 Å². The summed E-state index contributed by atoms with van der Waals surface area (Å²) in [5.74, 6) is -7.39. The largest absolute Gasteiger partial charge is 0.475 e. The zero-order valence-corrected chi connectivity index (χ0v) is 11.1. The highest BCUT2D eigenvalue weighted by Crippen LogP contribution is 2.10. The summed E-state index contributed by atoms with van der Waals surface area (Å²) < 4.78 is 0. The molecule has 0 radical (unpaired) electrons. The number of Topliss-reactive ketones (excluding diaryl/α,β-unsaturated/α-hetero) is 4. The van der Waals surface area contributed by atoms with E-state index in [4.69, 9.17) is 10.2 Å². The number of carbonyl (C=O) groups excluding carboxylic acids is 4. The van der Waals surface area contributed by atoms with Crippen molar-refractivity contribution in [2.24, 2.45) is 0 Å². The molecule has 0 heterocycles. The lowest BCUT2D eigenvalue weighted by Crippen LogP contribution is -2.18. The highest BCUT2D eigenvalue weighted by Gasteiger charge is 2.20. The van der Waals surface area contributed by atoms with Crippen molar-refractivity contribution in [3.8, 4) is 0 Å². The smallest absolute Gasteiger partial charge is 0.372 e. The molecule has 0 saturated heterocycles. The number of benzene rings is 1. The molecule has 8 nitrogen and oxygen atoms in total. The zero-order chi connectivity index (χ0) is 16.9. The lowest BCUT2D eigenvalue weighted by molar-refractivity contribution is -0.148. The van der Waals surface area contributed by atoms with Gasteiger partial charge in [0, 0.05) is 11.1 Å². The molecule has 0 spiro atoms. The van der Waals surface area contributed by atoms with E-state index in [0.717, 1.165) is 0 Å². The van der Waals surface area contributed by atoms with Gasteiger partial charge in [0.05, 0.1) is 12.8 Å². The quantitative estimate of drug-likeness (QED) is 0.392. The number of hydrogen-bond donors (Lipinski definition) is 2. The average Bonchev–Trinajstić information content (AvgIpc) is 2.46. The lowest BCUT2D eigenvalue weighted by Gasteiger charge is -2.02. The van der Waals surface area contributed by atoms with Gasteiger partial charge in [-0.25, -0.2) is 9.59 Å². The maximum atomic E-state index is 11.6. The molecule has 22 heavy (non-hydrogen) atoms. The molecule has 0 aliphatic carbocycles. The first-order valence-electron chi connectivity index (χ1n) is 5.91. The van der Waals surface area contributed by atoms with Crippen LogP contribution < -0.4 is 0 Å². The number of hydrogen-bond acceptors (Lipinski definition) is 6. The molecule has 8 heteroatoms. The molecule has 0 aliphatic heterocycles. The third kappa shape index (κ3) is 4.44. The van der Waals surface area contributed by atoms with Crippen molar-refractivity contribution < 1.29 is 39.0 Å². The Morgan fingerprint density at radius 2 is 0.909 bits per heavy atom. The summed E-state index contributed by atoms with van der Waals surface area (Å²) in [6, 6.07) is 4.76. The molecule has 0 unspecified atom stereocenters. The summed E-state index contributed by atoms with van der Waals surface area (Å²) in [7, 11) is 0. The van der Waals surface area contributed by atoms with Gasteiger partial charge in [-0.3, -0.25) is 19.2 Å². The van der Waals surface area contributed by atoms with Crippen LogP contribution in [-0.2, 0) is 19.2 Å². The van der Waals surface area contributed by atoms with Gasteiger partial charge in [0.1, 0.15) is 0 Å². The Balaban J connectivity index is 2.78. The fraction of sp³-hybridized carbons (Fsp3) is 0.143. The van der Waals surface area contributed by atoms with E-state index in [1.807, 2.05) is 0 Å². The molecule has 0 atom stereocenters. The minimum Gasteiger partial charge on any atom is -0.475 e. The summed E-state index contributed by atoms with van der Waals surface area (Å²) in [5.41, 5.74) is 0.0476. The Morgan fingerprint density at radius 3 is 1.14 bits per heavy atom. The summed E-state index contributed by atoms with van der Waals surface area (Å²) in [6.45, 7) is 0. The third-order valence-corrected chi connectivity index (χ3v) is 2.65. The normalized spacial score (nSPS) is 9.82. The van der Waals surface area contributed by atoms with Gasteiger partial charge in [0.2, 0.25) is 11.6 Å². The van der Waals surface area contributed by atoms with Crippen LogP contribution in [0.25, 0.3) is 0 Å². The molecule has 2 N–H and O–H groups in total. The molecule has 0 fully saturated rings. The molecule has 1 aromatic carbocycles. The Morgan fingerprint density at radius 1 is 0.636 bits per heavy atom. The Bertz CT molecular complexity index is 610. The number of aliphatic carboxylic acids is 2. The third-order valence-electron chi connectivity index (χ3n) is 2.65. The Labute approximate surface area is 123 Å². The summed E-state index contributed by atoms with van der Waals surface area (Å²) in [6.07, 6.45) is -1.61. The summed E-state index contributed by atoms with van der Waals surface area (Å²) in [4.78, 5) is 65.7. The molecular weight excluding hydrogens is 296 g/mol. The van der Waals surface area contributed by atoms with Gasteiger partial charge in [0.15, 0.2) is 11.6 Å². The number of ketones is 4. The van der Waals surface area contributed by atoms with E-state index in [2.05, 4.69) is 0 Å². The number of carbonyl (C=O) groups is 6. The SMILES string of the molecule is O=C(O)C(=O)CC(=O)c1ccc(C(=O)CC(=O)C(=O)O)cc1. The number of carboxylic acid groups (broad SMARTS) is 2. The van der Waals surface area contributed by atoms with E-state index in [9.17, 15) is 28.8 Å². The average molecular weight is 306 g/mol. The second-order valence-corrected chi connectivity index (χ2v) is 4.23. The number of carboxylic acids is 2. The van der Waals surface area contributed by atoms with E-state index in [1.54, 1.807) is 0 Å². The van der Waals surface area contributed by atoms with E-state index in [-0.39, 0.29) is 11.1 Å². The molecule has 0 saturated carbocycles. The second kappa shape index (κ2) is 7.02. The van der Waals surface area contributed by atoms with Crippen LogP contribution in [-0.4, -0.2) is 45.3 Å². The molecule has 0 bridgehead atoms. The van der Waals surface area contributed by atoms with Crippen molar-refractivity contribution in [1.82, 2.24) is 0 Å². The fourth-order valence-corrected chi connectivity index (χ4v) is 1.49. The fourth-order valence-electron chi connectivity index (χ4n) is 1.49. The molecule has 114 valence electrons. The highest BCUT2D eigenvalue weighted by atomic mass is 16.4. The predicted molar refractivity (Wildman–Crippen MR) is 69.6 cm³/mol. The van der Waals surface area contributed by atoms with E-state index < -0.39 is 47.9 Å². The second-order valence-electron chi connectivity index (χ2n) is 4.23. The molecule has 0 amide bonds. The monoisotopic (exact) mass is 306 g/mol. The topological polar surface area (TPSA) is 143 Å². The van der Waals surface area contributed by atoms with Crippen molar-refractivity contribution in [3.63, 3.8) is 0 Å². The van der Waals surface area contributed by atoms with Gasteiger partial charge in [0.25, 0.3) is 0 Å². The van der Waals surface area contributed by atoms with Gasteiger partial charge < -0.3 is 10.2 Å². The lowest BCUT2D eigenvalue weighted by atomic mass is 10.0. The first-order chi connectivity index (χ1) is 10.2. The maximum absolute atomic E-state index is 11.6. The van der Waals surface area contributed by atoms with Crippen LogP contribution in [0.3, 0.4) is 0 Å². The minimum absolute atomic E-state index is 0.0238. The van der Waals surface area contributed by atoms with Crippen LogP contribution in [0.2, 0.25) is 0 Å². The first-order valence-corrected chi connectivity index (χ1v) is 5.91. The van der Waals surface area contributed by atoms with Gasteiger partial charge in [-0.15, -0.1) is 0 Å². The minimum atomic E-state index is -1.72. The zero-order valence-electron chi connectivity index (χ0n) is 11.1. The number of rotatable bonds is 8. The molecule has 1 aromatic rings. The van der Waals surface area contributed by atoms with E-state index in [0.29, 0.717) is 0 Å². The Hall–Kier alpha value is -3.16. The Kier molecular flexibility index (Phi) is 5.39. The maximum Gasteiger partial charge on any atom is 0.372 e. The van der Waals surface area contributed by atoms with Crippen molar-refractivity contribution in [3.05, 3.63) is 35.4 Å². The molecule has 0 aliphatic rings. The summed E-state index contributed by atoms with van der Waals surface area (Å²) in [5, 5.41) is 16.8. The predicted octanol–water partition coefficient (Wildman–Crippen LogP) is 0.140.